The summed E-state index contributed by atoms with van der Waals surface area (Å²) in [7, 11) is 2.03. The molecule has 0 aliphatic rings. The van der Waals surface area contributed by atoms with Crippen LogP contribution >= 0.6 is 0 Å². The minimum atomic E-state index is -0.254. The van der Waals surface area contributed by atoms with Crippen molar-refractivity contribution >= 4 is 0 Å². The standard InChI is InChI=1S/C17H24N2O.2ClH/c1-3-17(20)14-19-12-8-16(9-13-19)5-4-15-6-10-18(2)11-7-15;;/h6-13,17,20H,3-5,14H2,1-2H3;2*1H/q+2;;/p-2. The van der Waals surface area contributed by atoms with E-state index in [1.807, 2.05) is 23.1 Å². The Kier molecular flexibility index (Phi) is 9.99. The number of halogens is 2. The van der Waals surface area contributed by atoms with Crippen molar-refractivity contribution in [3.05, 3.63) is 60.2 Å². The Labute approximate surface area is 145 Å². The van der Waals surface area contributed by atoms with Crippen LogP contribution < -0.4 is 33.9 Å². The maximum absolute atomic E-state index is 9.63. The highest BCUT2D eigenvalue weighted by Crippen LogP contribution is 2.04. The van der Waals surface area contributed by atoms with Crippen LogP contribution in [-0.2, 0) is 26.4 Å². The highest BCUT2D eigenvalue weighted by atomic mass is 35.5. The Hall–Kier alpha value is -1.16. The van der Waals surface area contributed by atoms with Crippen molar-refractivity contribution in [2.45, 2.75) is 38.8 Å². The largest absolute Gasteiger partial charge is 1.00 e. The van der Waals surface area contributed by atoms with Gasteiger partial charge in [0.25, 0.3) is 0 Å². The third-order valence-electron chi connectivity index (χ3n) is 3.60. The average Bonchev–Trinajstić information content (AvgIpc) is 2.48. The van der Waals surface area contributed by atoms with E-state index in [2.05, 4.69) is 49.1 Å². The first-order valence-corrected chi connectivity index (χ1v) is 7.27. The lowest BCUT2D eigenvalue weighted by Crippen LogP contribution is -3.00. The van der Waals surface area contributed by atoms with E-state index < -0.39 is 0 Å². The van der Waals surface area contributed by atoms with Crippen LogP contribution in [0, 0.1) is 0 Å². The summed E-state index contributed by atoms with van der Waals surface area (Å²) in [6.07, 6.45) is 10.9. The van der Waals surface area contributed by atoms with E-state index in [1.165, 1.54) is 11.1 Å². The summed E-state index contributed by atoms with van der Waals surface area (Å²) in [6.45, 7) is 2.67. The van der Waals surface area contributed by atoms with Crippen LogP contribution in [-0.4, -0.2) is 11.2 Å². The van der Waals surface area contributed by atoms with Crippen LogP contribution in [0.2, 0.25) is 0 Å². The summed E-state index contributed by atoms with van der Waals surface area (Å²) in [5.41, 5.74) is 2.70. The van der Waals surface area contributed by atoms with Gasteiger partial charge in [-0.2, -0.15) is 0 Å². The van der Waals surface area contributed by atoms with E-state index in [0.29, 0.717) is 6.54 Å². The van der Waals surface area contributed by atoms with E-state index in [0.717, 1.165) is 19.3 Å². The summed E-state index contributed by atoms with van der Waals surface area (Å²) in [5.74, 6) is 0. The van der Waals surface area contributed by atoms with Crippen LogP contribution in [0.3, 0.4) is 0 Å². The normalized spacial score (nSPS) is 11.2. The molecule has 0 bridgehead atoms. The number of aromatic nitrogens is 2. The van der Waals surface area contributed by atoms with Gasteiger partial charge in [-0.25, -0.2) is 9.13 Å². The van der Waals surface area contributed by atoms with Crippen molar-refractivity contribution in [3.63, 3.8) is 0 Å². The molecule has 2 rings (SSSR count). The monoisotopic (exact) mass is 342 g/mol. The second-order valence-electron chi connectivity index (χ2n) is 5.34. The van der Waals surface area contributed by atoms with Gasteiger partial charge in [0.1, 0.15) is 13.2 Å². The minimum absolute atomic E-state index is 0. The van der Waals surface area contributed by atoms with Gasteiger partial charge < -0.3 is 29.9 Å². The number of aliphatic hydroxyl groups is 1. The smallest absolute Gasteiger partial charge is 0.174 e. The van der Waals surface area contributed by atoms with Crippen molar-refractivity contribution in [3.8, 4) is 0 Å². The maximum Gasteiger partial charge on any atom is 0.174 e. The van der Waals surface area contributed by atoms with E-state index >= 15 is 0 Å². The van der Waals surface area contributed by atoms with Gasteiger partial charge in [0.15, 0.2) is 31.3 Å². The first kappa shape index (κ1) is 20.8. The van der Waals surface area contributed by atoms with Crippen LogP contribution in [0.4, 0.5) is 0 Å². The highest BCUT2D eigenvalue weighted by molar-refractivity contribution is 5.13. The van der Waals surface area contributed by atoms with Gasteiger partial charge in [0.2, 0.25) is 0 Å². The molecule has 0 fully saturated rings. The summed E-state index contributed by atoms with van der Waals surface area (Å²) in [6, 6.07) is 8.62. The predicted molar refractivity (Wildman–Crippen MR) is 78.0 cm³/mol. The van der Waals surface area contributed by atoms with Crippen molar-refractivity contribution in [2.75, 3.05) is 0 Å². The Balaban J connectivity index is 0.00000220. The Morgan fingerprint density at radius 1 is 0.909 bits per heavy atom. The fraction of sp³-hybridized carbons (Fsp3) is 0.412. The van der Waals surface area contributed by atoms with Crippen molar-refractivity contribution in [1.82, 2.24) is 0 Å². The molecule has 0 spiro atoms. The van der Waals surface area contributed by atoms with Gasteiger partial charge in [-0.05, 0) is 30.4 Å². The molecule has 2 heterocycles. The number of rotatable bonds is 6. The fourth-order valence-electron chi connectivity index (χ4n) is 2.14. The van der Waals surface area contributed by atoms with Gasteiger partial charge in [0, 0.05) is 24.3 Å². The lowest BCUT2D eigenvalue weighted by molar-refractivity contribution is -0.703. The Bertz CT molecular complexity index is 529. The fourth-order valence-corrected chi connectivity index (χ4v) is 2.14. The third kappa shape index (κ3) is 6.73. The average molecular weight is 343 g/mol. The number of nitrogens with zero attached hydrogens (tertiary/aromatic N) is 2. The zero-order valence-corrected chi connectivity index (χ0v) is 14.6. The molecular weight excluding hydrogens is 319 g/mol. The molecule has 0 saturated heterocycles. The predicted octanol–water partition coefficient (Wildman–Crippen LogP) is -4.64. The first-order valence-electron chi connectivity index (χ1n) is 7.27. The molecule has 5 heteroatoms. The molecule has 1 unspecified atom stereocenters. The topological polar surface area (TPSA) is 28.0 Å². The molecule has 1 N–H and O–H groups in total. The molecule has 3 nitrogen and oxygen atoms in total. The van der Waals surface area contributed by atoms with Crippen molar-refractivity contribution in [2.24, 2.45) is 7.05 Å². The molecule has 122 valence electrons. The molecule has 22 heavy (non-hydrogen) atoms. The zero-order chi connectivity index (χ0) is 14.4. The van der Waals surface area contributed by atoms with Crippen LogP contribution in [0.25, 0.3) is 0 Å². The quantitative estimate of drug-likeness (QED) is 0.525. The van der Waals surface area contributed by atoms with E-state index in [4.69, 9.17) is 0 Å². The molecule has 0 radical (unpaired) electrons. The Morgan fingerprint density at radius 3 is 1.82 bits per heavy atom. The molecule has 1 atom stereocenters. The van der Waals surface area contributed by atoms with Gasteiger partial charge in [0.05, 0.1) is 0 Å². The molecule has 0 saturated carbocycles. The van der Waals surface area contributed by atoms with Gasteiger partial charge in [-0.15, -0.1) is 0 Å². The SMILES string of the molecule is CCC(O)C[n+]1ccc(CCc2cc[n+](C)cc2)cc1.[Cl-].[Cl-]. The molecule has 2 aromatic rings. The summed E-state index contributed by atoms with van der Waals surface area (Å²) >= 11 is 0. The first-order chi connectivity index (χ1) is 9.67. The highest BCUT2D eigenvalue weighted by Gasteiger charge is 2.08. The lowest BCUT2D eigenvalue weighted by atomic mass is 10.1. The molecule has 0 aliphatic heterocycles. The second-order valence-corrected chi connectivity index (χ2v) is 5.34. The number of hydrogen-bond donors (Lipinski definition) is 1. The second kappa shape index (κ2) is 10.5. The zero-order valence-electron chi connectivity index (χ0n) is 13.1. The van der Waals surface area contributed by atoms with Crippen LogP contribution in [0.15, 0.2) is 49.1 Å². The van der Waals surface area contributed by atoms with E-state index in [1.54, 1.807) is 0 Å². The number of hydrogen-bond acceptors (Lipinski definition) is 1. The summed E-state index contributed by atoms with van der Waals surface area (Å²) in [4.78, 5) is 0. The van der Waals surface area contributed by atoms with Crippen molar-refractivity contribution < 1.29 is 39.1 Å². The lowest BCUT2D eigenvalue weighted by Gasteiger charge is -2.04. The molecule has 0 aromatic carbocycles. The number of pyridine rings is 2. The Morgan fingerprint density at radius 2 is 1.36 bits per heavy atom. The van der Waals surface area contributed by atoms with Gasteiger partial charge in [-0.3, -0.25) is 0 Å². The van der Waals surface area contributed by atoms with Crippen LogP contribution in [0.1, 0.15) is 24.5 Å². The van der Waals surface area contributed by atoms with Crippen molar-refractivity contribution in [1.29, 1.82) is 0 Å². The molecule has 2 aromatic heterocycles. The van der Waals surface area contributed by atoms with E-state index in [9.17, 15) is 5.11 Å². The summed E-state index contributed by atoms with van der Waals surface area (Å²) in [5, 5.41) is 9.63. The number of aryl methyl sites for hydroxylation is 3. The molecule has 0 amide bonds. The van der Waals surface area contributed by atoms with Gasteiger partial charge in [-0.1, -0.05) is 6.92 Å². The molecule has 0 aliphatic carbocycles. The third-order valence-corrected chi connectivity index (χ3v) is 3.60. The molecular formula is C17H24Cl2N2O. The number of aliphatic hydroxyl groups excluding tert-OH is 1. The van der Waals surface area contributed by atoms with E-state index in [-0.39, 0.29) is 30.9 Å². The maximum atomic E-state index is 9.63. The van der Waals surface area contributed by atoms with Crippen LogP contribution in [0.5, 0.6) is 0 Å². The van der Waals surface area contributed by atoms with Gasteiger partial charge >= 0.3 is 0 Å². The minimum Gasteiger partial charge on any atom is -1.00 e. The summed E-state index contributed by atoms with van der Waals surface area (Å²) < 4.78 is 4.09.